The molecule has 0 unspecified atom stereocenters. The predicted octanol–water partition coefficient (Wildman–Crippen LogP) is 3.10. The van der Waals surface area contributed by atoms with E-state index in [1.165, 1.54) is 10.7 Å². The molecule has 1 aliphatic carbocycles. The van der Waals surface area contributed by atoms with Gasteiger partial charge in [-0.1, -0.05) is 0 Å². The second kappa shape index (κ2) is 10.2. The van der Waals surface area contributed by atoms with Gasteiger partial charge >= 0.3 is 6.18 Å². The summed E-state index contributed by atoms with van der Waals surface area (Å²) in [7, 11) is -3.19. The number of carbonyl (C=O) groups excluding carboxylic acids is 1. The fraction of sp³-hybridized carbons (Fsp3) is 0.750. The lowest BCUT2D eigenvalue weighted by Gasteiger charge is -2.31. The Hall–Kier alpha value is -2.42. The standard InChI is InChI=1S/C24H31F5N6O3S/c25-23(26)5-1-13(2-6-23)19(30)18-12-35-22(32-18)33-20(14-3-7-39(37,38)8-4-14)17(34-35)10-15-9-16(24(27,28)29)11-31-21(15)36/h12-16,19H,1-11,30H2,(H,31,36)/t15-,16-,19+/m1/s1. The number of imidazole rings is 1. The average Bonchev–Trinajstić information content (AvgIpc) is 3.27. The molecule has 3 aliphatic rings. The van der Waals surface area contributed by atoms with Gasteiger partial charge in [0.15, 0.2) is 0 Å². The van der Waals surface area contributed by atoms with E-state index >= 15 is 0 Å². The van der Waals surface area contributed by atoms with Gasteiger partial charge in [-0.15, -0.1) is 0 Å². The lowest BCUT2D eigenvalue weighted by Crippen LogP contribution is -2.47. The normalized spacial score (nSPS) is 27.4. The third-order valence-electron chi connectivity index (χ3n) is 8.35. The van der Waals surface area contributed by atoms with Gasteiger partial charge in [-0.2, -0.15) is 18.3 Å². The quantitative estimate of drug-likeness (QED) is 0.521. The van der Waals surface area contributed by atoms with Crippen LogP contribution in [0.1, 0.15) is 74.0 Å². The number of hydrogen-bond donors (Lipinski definition) is 2. The molecule has 216 valence electrons. The third-order valence-corrected chi connectivity index (χ3v) is 10.1. The van der Waals surface area contributed by atoms with Crippen LogP contribution in [0.3, 0.4) is 0 Å². The van der Waals surface area contributed by atoms with Gasteiger partial charge in [0.1, 0.15) is 9.84 Å². The van der Waals surface area contributed by atoms with Gasteiger partial charge < -0.3 is 11.1 Å². The molecule has 0 spiro atoms. The first kappa shape index (κ1) is 28.1. The molecule has 2 aromatic heterocycles. The Labute approximate surface area is 222 Å². The maximum atomic E-state index is 13.6. The number of nitrogens with one attached hydrogen (secondary N) is 1. The lowest BCUT2D eigenvalue weighted by atomic mass is 9.81. The SMILES string of the molecule is N[C@H](c1cn2nc(C[C@H]3C[C@@H](C(F)(F)F)CNC3=O)c(C3CCS(=O)(=O)CC3)nc2n1)C1CCC(F)(F)CC1. The van der Waals surface area contributed by atoms with Crippen LogP contribution in [-0.4, -0.2) is 64.1 Å². The number of nitrogens with two attached hydrogens (primary N) is 1. The molecular weight excluding hydrogens is 547 g/mol. The molecule has 2 aliphatic heterocycles. The van der Waals surface area contributed by atoms with Gasteiger partial charge in [-0.05, 0) is 38.0 Å². The lowest BCUT2D eigenvalue weighted by molar-refractivity contribution is -0.183. The highest BCUT2D eigenvalue weighted by atomic mass is 32.2. The van der Waals surface area contributed by atoms with Gasteiger partial charge in [-0.25, -0.2) is 31.7 Å². The number of alkyl halides is 5. The second-order valence-corrected chi connectivity index (χ2v) is 13.4. The number of carbonyl (C=O) groups is 1. The van der Waals surface area contributed by atoms with E-state index in [1.54, 1.807) is 0 Å². The zero-order chi connectivity index (χ0) is 28.2. The highest BCUT2D eigenvalue weighted by Crippen LogP contribution is 2.41. The summed E-state index contributed by atoms with van der Waals surface area (Å²) in [5.74, 6) is -6.33. The molecule has 2 aromatic rings. The highest BCUT2D eigenvalue weighted by molar-refractivity contribution is 7.91. The summed E-state index contributed by atoms with van der Waals surface area (Å²) >= 11 is 0. The maximum absolute atomic E-state index is 13.6. The number of nitrogens with zero attached hydrogens (tertiary/aromatic N) is 4. The molecule has 0 aromatic carbocycles. The van der Waals surface area contributed by atoms with Gasteiger partial charge in [-0.3, -0.25) is 4.79 Å². The number of amides is 1. The van der Waals surface area contributed by atoms with Crippen LogP contribution in [0.25, 0.3) is 5.78 Å². The molecule has 15 heteroatoms. The van der Waals surface area contributed by atoms with Crippen LogP contribution in [0.4, 0.5) is 22.0 Å². The topological polar surface area (TPSA) is 132 Å². The Morgan fingerprint density at radius 1 is 1.13 bits per heavy atom. The second-order valence-electron chi connectivity index (χ2n) is 11.1. The number of hydrogen-bond acceptors (Lipinski definition) is 7. The van der Waals surface area contributed by atoms with Crippen molar-refractivity contribution in [2.75, 3.05) is 18.1 Å². The van der Waals surface area contributed by atoms with E-state index in [-0.39, 0.29) is 80.5 Å². The van der Waals surface area contributed by atoms with Crippen molar-refractivity contribution in [1.82, 2.24) is 24.9 Å². The van der Waals surface area contributed by atoms with E-state index in [4.69, 9.17) is 5.73 Å². The molecule has 3 atom stereocenters. The Balaban J connectivity index is 1.46. The summed E-state index contributed by atoms with van der Waals surface area (Å²) in [5.41, 5.74) is 7.53. The number of piperidine rings is 1. The van der Waals surface area contributed by atoms with Crippen molar-refractivity contribution in [1.29, 1.82) is 0 Å². The minimum atomic E-state index is -4.46. The largest absolute Gasteiger partial charge is 0.393 e. The molecule has 1 saturated carbocycles. The minimum Gasteiger partial charge on any atom is -0.355 e. The van der Waals surface area contributed by atoms with E-state index in [0.29, 0.717) is 17.1 Å². The molecule has 2 saturated heterocycles. The van der Waals surface area contributed by atoms with Crippen molar-refractivity contribution in [3.63, 3.8) is 0 Å². The number of aromatic nitrogens is 4. The van der Waals surface area contributed by atoms with Crippen molar-refractivity contribution < 1.29 is 35.2 Å². The van der Waals surface area contributed by atoms with Gasteiger partial charge in [0, 0.05) is 37.6 Å². The number of fused-ring (bicyclic) bond motifs is 1. The summed E-state index contributed by atoms with van der Waals surface area (Å²) < 4.78 is 92.8. The van der Waals surface area contributed by atoms with Crippen LogP contribution in [0, 0.1) is 17.8 Å². The maximum Gasteiger partial charge on any atom is 0.393 e. The van der Waals surface area contributed by atoms with E-state index in [0.717, 1.165) is 0 Å². The number of rotatable bonds is 5. The Morgan fingerprint density at radius 3 is 2.44 bits per heavy atom. The number of sulfone groups is 1. The summed E-state index contributed by atoms with van der Waals surface area (Å²) in [5, 5.41) is 6.92. The fourth-order valence-electron chi connectivity index (χ4n) is 5.90. The average molecular weight is 579 g/mol. The molecule has 3 fully saturated rings. The Kier molecular flexibility index (Phi) is 7.36. The third kappa shape index (κ3) is 6.18. The Bertz CT molecular complexity index is 1320. The minimum absolute atomic E-state index is 0.0547. The fourth-order valence-corrected chi connectivity index (χ4v) is 7.39. The first-order valence-corrected chi connectivity index (χ1v) is 15.0. The monoisotopic (exact) mass is 578 g/mol. The molecule has 5 rings (SSSR count). The van der Waals surface area contributed by atoms with E-state index in [1.807, 2.05) is 0 Å². The molecular formula is C24H31F5N6O3S. The van der Waals surface area contributed by atoms with Crippen LogP contribution in [0.2, 0.25) is 0 Å². The van der Waals surface area contributed by atoms with Crippen molar-refractivity contribution in [2.45, 2.75) is 75.4 Å². The number of halogens is 5. The van der Waals surface area contributed by atoms with Crippen molar-refractivity contribution in [2.24, 2.45) is 23.5 Å². The van der Waals surface area contributed by atoms with E-state index < -0.39 is 52.3 Å². The molecule has 9 nitrogen and oxygen atoms in total. The van der Waals surface area contributed by atoms with Gasteiger partial charge in [0.25, 0.3) is 5.78 Å². The van der Waals surface area contributed by atoms with Crippen LogP contribution >= 0.6 is 0 Å². The van der Waals surface area contributed by atoms with Crippen molar-refractivity contribution in [3.8, 4) is 0 Å². The van der Waals surface area contributed by atoms with E-state index in [9.17, 15) is 35.2 Å². The van der Waals surface area contributed by atoms with Gasteiger partial charge in [0.05, 0.1) is 46.7 Å². The molecule has 0 bridgehead atoms. The van der Waals surface area contributed by atoms with Crippen LogP contribution in [-0.2, 0) is 21.1 Å². The van der Waals surface area contributed by atoms with Gasteiger partial charge in [0.2, 0.25) is 11.8 Å². The summed E-state index contributed by atoms with van der Waals surface area (Å²) in [6.45, 7) is -0.479. The highest BCUT2D eigenvalue weighted by Gasteiger charge is 2.45. The molecule has 1 amide bonds. The summed E-state index contributed by atoms with van der Waals surface area (Å²) in [6, 6.07) is -0.631. The molecule has 0 radical (unpaired) electrons. The van der Waals surface area contributed by atoms with Crippen molar-refractivity contribution >= 4 is 21.5 Å². The zero-order valence-electron chi connectivity index (χ0n) is 21.1. The first-order valence-electron chi connectivity index (χ1n) is 13.1. The zero-order valence-corrected chi connectivity index (χ0v) is 21.9. The van der Waals surface area contributed by atoms with E-state index in [2.05, 4.69) is 20.4 Å². The first-order chi connectivity index (χ1) is 18.2. The molecule has 4 heterocycles. The smallest absolute Gasteiger partial charge is 0.355 e. The Morgan fingerprint density at radius 2 is 1.79 bits per heavy atom. The van der Waals surface area contributed by atoms with Crippen LogP contribution < -0.4 is 11.1 Å². The van der Waals surface area contributed by atoms with Crippen LogP contribution in [0.5, 0.6) is 0 Å². The summed E-state index contributed by atoms with van der Waals surface area (Å²) in [6.07, 6.45) is -2.89. The summed E-state index contributed by atoms with van der Waals surface area (Å²) in [4.78, 5) is 21.7. The van der Waals surface area contributed by atoms with Crippen molar-refractivity contribution in [3.05, 3.63) is 23.3 Å². The predicted molar refractivity (Wildman–Crippen MR) is 130 cm³/mol. The van der Waals surface area contributed by atoms with Crippen LogP contribution in [0.15, 0.2) is 6.20 Å². The molecule has 3 N–H and O–H groups in total. The molecule has 39 heavy (non-hydrogen) atoms.